The molecule has 0 aliphatic heterocycles. The third kappa shape index (κ3) is 2.59. The van der Waals surface area contributed by atoms with Gasteiger partial charge in [0, 0.05) is 0 Å². The lowest BCUT2D eigenvalue weighted by molar-refractivity contribution is 0.477. The molecule has 0 atom stereocenters. The van der Waals surface area contributed by atoms with Crippen LogP contribution < -0.4 is 4.74 Å². The van der Waals surface area contributed by atoms with Gasteiger partial charge in [-0.25, -0.2) is 0 Å². The summed E-state index contributed by atoms with van der Waals surface area (Å²) in [5.41, 5.74) is 1.52. The van der Waals surface area contributed by atoms with Crippen molar-refractivity contribution in [3.8, 4) is 17.6 Å². The van der Waals surface area contributed by atoms with E-state index in [0.717, 1.165) is 14.9 Å². The van der Waals surface area contributed by atoms with Crippen molar-refractivity contribution in [2.75, 3.05) is 0 Å². The molecule has 2 nitrogen and oxygen atoms in total. The molecule has 0 aliphatic carbocycles. The summed E-state index contributed by atoms with van der Waals surface area (Å²) >= 11 is 2.21. The van der Waals surface area contributed by atoms with Crippen molar-refractivity contribution in [3.63, 3.8) is 0 Å². The highest BCUT2D eigenvalue weighted by Gasteiger charge is 2.08. The van der Waals surface area contributed by atoms with Crippen LogP contribution in [-0.2, 0) is 0 Å². The smallest absolute Gasteiger partial charge is 0.145 e. The molecule has 0 aliphatic rings. The van der Waals surface area contributed by atoms with Gasteiger partial charge in [-0.3, -0.25) is 0 Å². The Morgan fingerprint density at radius 1 is 1.06 bits per heavy atom. The van der Waals surface area contributed by atoms with Gasteiger partial charge in [-0.1, -0.05) is 24.3 Å². The molecule has 0 aromatic heterocycles. The van der Waals surface area contributed by atoms with E-state index in [4.69, 9.17) is 10.00 Å². The zero-order valence-electron chi connectivity index (χ0n) is 9.27. The molecule has 0 saturated heterocycles. The average Bonchev–Trinajstić information content (AvgIpc) is 2.32. The normalized spacial score (nSPS) is 9.71. The summed E-state index contributed by atoms with van der Waals surface area (Å²) in [6.07, 6.45) is 0. The molecule has 0 heterocycles. The molecule has 17 heavy (non-hydrogen) atoms. The molecule has 0 fully saturated rings. The van der Waals surface area contributed by atoms with E-state index < -0.39 is 0 Å². The Balaban J connectivity index is 2.41. The fraction of sp³-hybridized carbons (Fsp3) is 0.0714. The standard InChI is InChI=1S/C14H10INO/c1-10-5-4-8-13(11(10)9-16)17-14-7-3-2-6-12(14)15/h2-8H,1H3. The van der Waals surface area contributed by atoms with Crippen molar-refractivity contribution in [2.24, 2.45) is 0 Å². The highest BCUT2D eigenvalue weighted by molar-refractivity contribution is 14.1. The van der Waals surface area contributed by atoms with E-state index in [0.29, 0.717) is 11.3 Å². The first-order valence-electron chi connectivity index (χ1n) is 5.14. The lowest BCUT2D eigenvalue weighted by Crippen LogP contribution is -1.92. The lowest BCUT2D eigenvalue weighted by Gasteiger charge is -2.10. The lowest BCUT2D eigenvalue weighted by atomic mass is 10.1. The zero-order valence-corrected chi connectivity index (χ0v) is 11.4. The van der Waals surface area contributed by atoms with Crippen LogP contribution in [0.4, 0.5) is 0 Å². The van der Waals surface area contributed by atoms with Gasteiger partial charge in [0.2, 0.25) is 0 Å². The van der Waals surface area contributed by atoms with Gasteiger partial charge in [0.15, 0.2) is 0 Å². The SMILES string of the molecule is Cc1cccc(Oc2ccccc2I)c1C#N. The van der Waals surface area contributed by atoms with Crippen molar-refractivity contribution in [1.29, 1.82) is 5.26 Å². The second-order valence-corrected chi connectivity index (χ2v) is 4.75. The molecule has 0 saturated carbocycles. The Bertz CT molecular complexity index is 587. The summed E-state index contributed by atoms with van der Waals surface area (Å²) in [6.45, 7) is 1.90. The van der Waals surface area contributed by atoms with Crippen molar-refractivity contribution < 1.29 is 4.74 Å². The van der Waals surface area contributed by atoms with Crippen LogP contribution in [0, 0.1) is 21.8 Å². The quantitative estimate of drug-likeness (QED) is 0.768. The van der Waals surface area contributed by atoms with Crippen LogP contribution in [0.3, 0.4) is 0 Å². The second kappa shape index (κ2) is 5.19. The third-order valence-corrected chi connectivity index (χ3v) is 3.29. The van der Waals surface area contributed by atoms with Crippen LogP contribution in [-0.4, -0.2) is 0 Å². The van der Waals surface area contributed by atoms with Gasteiger partial charge in [0.05, 0.1) is 9.13 Å². The van der Waals surface area contributed by atoms with Gasteiger partial charge in [-0.15, -0.1) is 0 Å². The van der Waals surface area contributed by atoms with Crippen molar-refractivity contribution in [2.45, 2.75) is 6.92 Å². The molecule has 2 aromatic carbocycles. The Hall–Kier alpha value is -1.54. The van der Waals surface area contributed by atoms with Crippen LogP contribution in [0.2, 0.25) is 0 Å². The molecule has 0 bridgehead atoms. The Kier molecular flexibility index (Phi) is 3.64. The third-order valence-electron chi connectivity index (χ3n) is 2.40. The molecule has 0 amide bonds. The molecule has 2 rings (SSSR count). The molecule has 0 radical (unpaired) electrons. The zero-order chi connectivity index (χ0) is 12.3. The van der Waals surface area contributed by atoms with Crippen LogP contribution >= 0.6 is 22.6 Å². The fourth-order valence-corrected chi connectivity index (χ4v) is 2.01. The molecule has 84 valence electrons. The largest absolute Gasteiger partial charge is 0.455 e. The van der Waals surface area contributed by atoms with E-state index in [1.54, 1.807) is 0 Å². The molecular formula is C14H10INO. The van der Waals surface area contributed by atoms with Crippen molar-refractivity contribution in [3.05, 3.63) is 57.2 Å². The summed E-state index contributed by atoms with van der Waals surface area (Å²) < 4.78 is 6.81. The Morgan fingerprint density at radius 3 is 2.47 bits per heavy atom. The van der Waals surface area contributed by atoms with E-state index in [-0.39, 0.29) is 0 Å². The van der Waals surface area contributed by atoms with Gasteiger partial charge in [0.1, 0.15) is 17.6 Å². The van der Waals surface area contributed by atoms with E-state index >= 15 is 0 Å². The van der Waals surface area contributed by atoms with E-state index in [2.05, 4.69) is 28.7 Å². The number of rotatable bonds is 2. The van der Waals surface area contributed by atoms with Gasteiger partial charge in [0.25, 0.3) is 0 Å². The minimum absolute atomic E-state index is 0.590. The van der Waals surface area contributed by atoms with E-state index in [1.807, 2.05) is 49.4 Å². The maximum absolute atomic E-state index is 9.11. The maximum atomic E-state index is 9.11. The van der Waals surface area contributed by atoms with E-state index in [1.165, 1.54) is 0 Å². The van der Waals surface area contributed by atoms with Gasteiger partial charge in [-0.05, 0) is 53.3 Å². The van der Waals surface area contributed by atoms with Gasteiger partial charge in [-0.2, -0.15) is 5.26 Å². The van der Waals surface area contributed by atoms with E-state index in [9.17, 15) is 0 Å². The highest BCUT2D eigenvalue weighted by Crippen LogP contribution is 2.29. The molecular weight excluding hydrogens is 325 g/mol. The average molecular weight is 335 g/mol. The number of ether oxygens (including phenoxy) is 1. The van der Waals surface area contributed by atoms with Gasteiger partial charge >= 0.3 is 0 Å². The Morgan fingerprint density at radius 2 is 1.76 bits per heavy atom. The number of hydrogen-bond acceptors (Lipinski definition) is 2. The number of halogens is 1. The number of nitriles is 1. The molecule has 3 heteroatoms. The number of aryl methyl sites for hydroxylation is 1. The van der Waals surface area contributed by atoms with Gasteiger partial charge < -0.3 is 4.74 Å². The second-order valence-electron chi connectivity index (χ2n) is 3.59. The van der Waals surface area contributed by atoms with Crippen LogP contribution in [0.25, 0.3) is 0 Å². The number of benzene rings is 2. The summed E-state index contributed by atoms with van der Waals surface area (Å²) in [5.74, 6) is 1.38. The topological polar surface area (TPSA) is 33.0 Å². The summed E-state index contributed by atoms with van der Waals surface area (Å²) in [7, 11) is 0. The highest BCUT2D eigenvalue weighted by atomic mass is 127. The van der Waals surface area contributed by atoms with Crippen LogP contribution in [0.5, 0.6) is 11.5 Å². The molecule has 2 aromatic rings. The molecule has 0 N–H and O–H groups in total. The first kappa shape index (κ1) is 11.9. The van der Waals surface area contributed by atoms with Crippen LogP contribution in [0.1, 0.15) is 11.1 Å². The summed E-state index contributed by atoms with van der Waals surface area (Å²) in [6, 6.07) is 15.5. The minimum Gasteiger partial charge on any atom is -0.455 e. The predicted molar refractivity (Wildman–Crippen MR) is 75.1 cm³/mol. The fourth-order valence-electron chi connectivity index (χ4n) is 1.52. The first-order valence-corrected chi connectivity index (χ1v) is 6.22. The number of para-hydroxylation sites is 1. The predicted octanol–water partition coefficient (Wildman–Crippen LogP) is 4.26. The summed E-state index contributed by atoms with van der Waals surface area (Å²) in [5, 5.41) is 9.11. The molecule has 0 spiro atoms. The first-order chi connectivity index (χ1) is 8.22. The van der Waals surface area contributed by atoms with Crippen molar-refractivity contribution >= 4 is 22.6 Å². The minimum atomic E-state index is 0.590. The number of hydrogen-bond donors (Lipinski definition) is 0. The molecule has 0 unspecified atom stereocenters. The van der Waals surface area contributed by atoms with Crippen molar-refractivity contribution in [1.82, 2.24) is 0 Å². The number of nitrogens with zero attached hydrogens (tertiary/aromatic N) is 1. The monoisotopic (exact) mass is 335 g/mol. The summed E-state index contributed by atoms with van der Waals surface area (Å²) in [4.78, 5) is 0. The maximum Gasteiger partial charge on any atom is 0.145 e. The van der Waals surface area contributed by atoms with Crippen LogP contribution in [0.15, 0.2) is 42.5 Å². The Labute approximate surface area is 114 Å².